The van der Waals surface area contributed by atoms with Gasteiger partial charge in [0.2, 0.25) is 0 Å². The molecule has 0 bridgehead atoms. The van der Waals surface area contributed by atoms with Gasteiger partial charge in [-0.15, -0.1) is 0 Å². The Morgan fingerprint density at radius 3 is 2.41 bits per heavy atom. The third-order valence-electron chi connectivity index (χ3n) is 3.71. The first-order chi connectivity index (χ1) is 13.3. The van der Waals surface area contributed by atoms with E-state index in [1.165, 1.54) is 0 Å². The van der Waals surface area contributed by atoms with Crippen LogP contribution in [0.3, 0.4) is 0 Å². The lowest BCUT2D eigenvalue weighted by molar-refractivity contribution is 0.172. The standard InChI is InChI=1S/C21H29N3O3/c1-22-21(23-13-7-15-26-19-10-4-3-5-11-19)24-18-9-6-12-20(17-18)27-16-8-14-25-2/h3-6,9-12,17H,7-8,13-16H2,1-2H3,(H2,22,23,24). The van der Waals surface area contributed by atoms with E-state index in [-0.39, 0.29) is 0 Å². The molecule has 0 spiro atoms. The zero-order valence-electron chi connectivity index (χ0n) is 16.1. The van der Waals surface area contributed by atoms with Gasteiger partial charge in [0, 0.05) is 45.5 Å². The van der Waals surface area contributed by atoms with Gasteiger partial charge in [-0.2, -0.15) is 0 Å². The Bertz CT molecular complexity index is 677. The number of anilines is 1. The predicted molar refractivity (Wildman–Crippen MR) is 110 cm³/mol. The number of aliphatic imine (C=N–C) groups is 1. The van der Waals surface area contributed by atoms with Crippen LogP contribution in [-0.2, 0) is 4.74 Å². The summed E-state index contributed by atoms with van der Waals surface area (Å²) in [6.07, 6.45) is 1.74. The highest BCUT2D eigenvalue weighted by molar-refractivity contribution is 5.93. The third kappa shape index (κ3) is 8.46. The second-order valence-electron chi connectivity index (χ2n) is 5.86. The van der Waals surface area contributed by atoms with E-state index in [0.717, 1.165) is 36.6 Å². The van der Waals surface area contributed by atoms with Gasteiger partial charge in [-0.05, 0) is 30.7 Å². The highest BCUT2D eigenvalue weighted by Crippen LogP contribution is 2.17. The average Bonchev–Trinajstić information content (AvgIpc) is 2.71. The van der Waals surface area contributed by atoms with E-state index < -0.39 is 0 Å². The number of nitrogens with one attached hydrogen (secondary N) is 2. The second kappa shape index (κ2) is 12.6. The molecule has 6 heteroatoms. The van der Waals surface area contributed by atoms with Crippen LogP contribution in [0.5, 0.6) is 11.5 Å². The topological polar surface area (TPSA) is 64.1 Å². The Kier molecular flexibility index (Phi) is 9.60. The van der Waals surface area contributed by atoms with E-state index in [0.29, 0.717) is 25.8 Å². The SMILES string of the molecule is CN=C(NCCCOc1ccccc1)Nc1cccc(OCCCOC)c1. The first kappa shape index (κ1) is 20.6. The van der Waals surface area contributed by atoms with Crippen LogP contribution < -0.4 is 20.1 Å². The molecule has 6 nitrogen and oxygen atoms in total. The normalized spacial score (nSPS) is 11.1. The van der Waals surface area contributed by atoms with Crippen LogP contribution in [0.15, 0.2) is 59.6 Å². The fourth-order valence-electron chi connectivity index (χ4n) is 2.36. The number of benzene rings is 2. The van der Waals surface area contributed by atoms with Gasteiger partial charge >= 0.3 is 0 Å². The van der Waals surface area contributed by atoms with Gasteiger partial charge in [0.1, 0.15) is 11.5 Å². The minimum atomic E-state index is 0.631. The molecular formula is C21H29N3O3. The van der Waals surface area contributed by atoms with Gasteiger partial charge in [0.15, 0.2) is 5.96 Å². The molecule has 146 valence electrons. The van der Waals surface area contributed by atoms with E-state index in [1.807, 2.05) is 54.6 Å². The van der Waals surface area contributed by atoms with Crippen LogP contribution in [0.25, 0.3) is 0 Å². The van der Waals surface area contributed by atoms with Crippen LogP contribution >= 0.6 is 0 Å². The minimum Gasteiger partial charge on any atom is -0.494 e. The molecule has 0 saturated carbocycles. The Balaban J connectivity index is 1.69. The fourth-order valence-corrected chi connectivity index (χ4v) is 2.36. The van der Waals surface area contributed by atoms with Crippen molar-refractivity contribution < 1.29 is 14.2 Å². The van der Waals surface area contributed by atoms with E-state index in [9.17, 15) is 0 Å². The molecule has 0 aromatic heterocycles. The lowest BCUT2D eigenvalue weighted by atomic mass is 10.3. The first-order valence-electron chi connectivity index (χ1n) is 9.19. The largest absolute Gasteiger partial charge is 0.494 e. The summed E-state index contributed by atoms with van der Waals surface area (Å²) in [7, 11) is 3.44. The predicted octanol–water partition coefficient (Wildman–Crippen LogP) is 3.56. The maximum absolute atomic E-state index is 5.72. The van der Waals surface area contributed by atoms with Crippen molar-refractivity contribution in [3.8, 4) is 11.5 Å². The van der Waals surface area contributed by atoms with Crippen LogP contribution in [-0.4, -0.2) is 46.5 Å². The molecule has 0 atom stereocenters. The number of nitrogens with zero attached hydrogens (tertiary/aromatic N) is 1. The summed E-state index contributed by atoms with van der Waals surface area (Å²) in [4.78, 5) is 4.25. The van der Waals surface area contributed by atoms with Crippen molar-refractivity contribution in [3.05, 3.63) is 54.6 Å². The van der Waals surface area contributed by atoms with E-state index in [4.69, 9.17) is 14.2 Å². The van der Waals surface area contributed by atoms with Gasteiger partial charge in [-0.25, -0.2) is 0 Å². The van der Waals surface area contributed by atoms with Gasteiger partial charge in [-0.3, -0.25) is 4.99 Å². The summed E-state index contributed by atoms with van der Waals surface area (Å²) in [5, 5.41) is 6.56. The molecule has 2 aromatic carbocycles. The molecule has 0 aliphatic carbocycles. The molecular weight excluding hydrogens is 342 g/mol. The first-order valence-corrected chi connectivity index (χ1v) is 9.19. The minimum absolute atomic E-state index is 0.631. The number of guanidine groups is 1. The summed E-state index contributed by atoms with van der Waals surface area (Å²) >= 11 is 0. The van der Waals surface area contributed by atoms with Crippen LogP contribution in [0, 0.1) is 0 Å². The number of para-hydroxylation sites is 1. The molecule has 0 amide bonds. The molecule has 0 aliphatic heterocycles. The van der Waals surface area contributed by atoms with Gasteiger partial charge in [-0.1, -0.05) is 24.3 Å². The fraction of sp³-hybridized carbons (Fsp3) is 0.381. The molecule has 0 unspecified atom stereocenters. The van der Waals surface area contributed by atoms with Crippen molar-refractivity contribution in [2.75, 3.05) is 45.8 Å². The Morgan fingerprint density at radius 2 is 1.63 bits per heavy atom. The molecule has 2 aromatic rings. The van der Waals surface area contributed by atoms with E-state index in [1.54, 1.807) is 14.2 Å². The van der Waals surface area contributed by atoms with Crippen LogP contribution in [0.2, 0.25) is 0 Å². The summed E-state index contributed by atoms with van der Waals surface area (Å²) in [5.41, 5.74) is 0.924. The van der Waals surface area contributed by atoms with E-state index >= 15 is 0 Å². The number of ether oxygens (including phenoxy) is 3. The zero-order valence-corrected chi connectivity index (χ0v) is 16.1. The van der Waals surface area contributed by atoms with E-state index in [2.05, 4.69) is 15.6 Å². The summed E-state index contributed by atoms with van der Waals surface area (Å²) < 4.78 is 16.4. The van der Waals surface area contributed by atoms with Crippen LogP contribution in [0.4, 0.5) is 5.69 Å². The lowest BCUT2D eigenvalue weighted by Crippen LogP contribution is -2.32. The highest BCUT2D eigenvalue weighted by Gasteiger charge is 2.01. The number of methoxy groups -OCH3 is 1. The summed E-state index contributed by atoms with van der Waals surface area (Å²) in [6.45, 7) is 2.74. The molecule has 2 N–H and O–H groups in total. The summed E-state index contributed by atoms with van der Waals surface area (Å²) in [6, 6.07) is 17.7. The number of hydrogen-bond donors (Lipinski definition) is 2. The smallest absolute Gasteiger partial charge is 0.195 e. The highest BCUT2D eigenvalue weighted by atomic mass is 16.5. The molecule has 0 fully saturated rings. The maximum atomic E-state index is 5.72. The van der Waals surface area contributed by atoms with Crippen molar-refractivity contribution in [2.24, 2.45) is 4.99 Å². The molecule has 0 saturated heterocycles. The quantitative estimate of drug-likeness (QED) is 0.359. The van der Waals surface area contributed by atoms with Crippen molar-refractivity contribution in [3.63, 3.8) is 0 Å². The van der Waals surface area contributed by atoms with Gasteiger partial charge in [0.05, 0.1) is 13.2 Å². The molecule has 0 aliphatic rings. The Hall–Kier alpha value is -2.73. The monoisotopic (exact) mass is 371 g/mol. The number of rotatable bonds is 11. The second-order valence-corrected chi connectivity index (χ2v) is 5.86. The zero-order chi connectivity index (χ0) is 19.2. The summed E-state index contributed by atoms with van der Waals surface area (Å²) in [5.74, 6) is 2.43. The van der Waals surface area contributed by atoms with Gasteiger partial charge < -0.3 is 24.8 Å². The van der Waals surface area contributed by atoms with Crippen LogP contribution in [0.1, 0.15) is 12.8 Å². The van der Waals surface area contributed by atoms with Gasteiger partial charge in [0.25, 0.3) is 0 Å². The van der Waals surface area contributed by atoms with Crippen molar-refractivity contribution >= 4 is 11.6 Å². The lowest BCUT2D eigenvalue weighted by Gasteiger charge is -2.13. The Morgan fingerprint density at radius 1 is 0.889 bits per heavy atom. The number of hydrogen-bond acceptors (Lipinski definition) is 4. The molecule has 27 heavy (non-hydrogen) atoms. The third-order valence-corrected chi connectivity index (χ3v) is 3.71. The Labute approximate surface area is 161 Å². The molecule has 2 rings (SSSR count). The van der Waals surface area contributed by atoms with Crippen molar-refractivity contribution in [1.82, 2.24) is 5.32 Å². The average molecular weight is 371 g/mol. The maximum Gasteiger partial charge on any atom is 0.195 e. The molecule has 0 radical (unpaired) electrons. The van der Waals surface area contributed by atoms with Crippen molar-refractivity contribution in [2.45, 2.75) is 12.8 Å². The van der Waals surface area contributed by atoms with Crippen molar-refractivity contribution in [1.29, 1.82) is 0 Å². The molecule has 0 heterocycles.